The highest BCUT2D eigenvalue weighted by molar-refractivity contribution is 7.13. The number of hydrogen-bond donors (Lipinski definition) is 0. The summed E-state index contributed by atoms with van der Waals surface area (Å²) in [6.07, 6.45) is 3.47. The molecule has 1 aliphatic heterocycles. The predicted octanol–water partition coefficient (Wildman–Crippen LogP) is 2.53. The minimum absolute atomic E-state index is 0.0184. The van der Waals surface area contributed by atoms with Gasteiger partial charge < -0.3 is 9.47 Å². The van der Waals surface area contributed by atoms with Gasteiger partial charge in [-0.15, -0.1) is 0 Å². The zero-order chi connectivity index (χ0) is 19.8. The molecule has 0 bridgehead atoms. The molecule has 0 atom stereocenters. The van der Waals surface area contributed by atoms with Gasteiger partial charge in [-0.3, -0.25) is 9.69 Å². The summed E-state index contributed by atoms with van der Waals surface area (Å²) in [5, 5.41) is 1.82. The summed E-state index contributed by atoms with van der Waals surface area (Å²) < 4.78 is 7.68. The lowest BCUT2D eigenvalue weighted by Crippen LogP contribution is -2.47. The molecule has 0 aliphatic carbocycles. The van der Waals surface area contributed by atoms with E-state index in [4.69, 9.17) is 0 Å². The molecule has 0 unspecified atom stereocenters. The van der Waals surface area contributed by atoms with Gasteiger partial charge >= 0.3 is 0 Å². The molecular weight excluding hydrogens is 384 g/mol. The average molecular weight is 407 g/mol. The van der Waals surface area contributed by atoms with Crippen LogP contribution in [0, 0.1) is 6.92 Å². The standard InChI is InChI=1S/C21H22N6OS/c1-15-22-14-17-18(23-15)6-7-27(21(17)28)13-10-25-8-11-26(12-9-25)20-16-4-2-3-5-19(16)29-24-20/h2-7,14H,8-13H2,1H3. The van der Waals surface area contributed by atoms with Crippen LogP contribution < -0.4 is 10.5 Å². The molecule has 1 aliphatic rings. The summed E-state index contributed by atoms with van der Waals surface area (Å²) in [5.41, 5.74) is 0.693. The normalized spacial score (nSPS) is 15.4. The highest BCUT2D eigenvalue weighted by Gasteiger charge is 2.20. The van der Waals surface area contributed by atoms with Gasteiger partial charge in [-0.1, -0.05) is 12.1 Å². The lowest BCUT2D eigenvalue weighted by molar-refractivity contribution is 0.247. The maximum atomic E-state index is 12.7. The number of anilines is 1. The Morgan fingerprint density at radius 3 is 2.72 bits per heavy atom. The summed E-state index contributed by atoms with van der Waals surface area (Å²) in [6, 6.07) is 10.3. The number of nitrogens with zero attached hydrogens (tertiary/aromatic N) is 6. The third-order valence-electron chi connectivity index (χ3n) is 5.53. The topological polar surface area (TPSA) is 67.2 Å². The zero-order valence-electron chi connectivity index (χ0n) is 16.3. The fourth-order valence-electron chi connectivity index (χ4n) is 3.87. The van der Waals surface area contributed by atoms with Crippen LogP contribution in [0.4, 0.5) is 5.82 Å². The summed E-state index contributed by atoms with van der Waals surface area (Å²) >= 11 is 1.57. The van der Waals surface area contributed by atoms with E-state index in [0.29, 0.717) is 23.3 Å². The van der Waals surface area contributed by atoms with Crippen molar-refractivity contribution < 1.29 is 0 Å². The summed E-state index contributed by atoms with van der Waals surface area (Å²) in [5.74, 6) is 1.78. The van der Waals surface area contributed by atoms with Crippen molar-refractivity contribution in [1.29, 1.82) is 0 Å². The molecule has 4 heterocycles. The molecular formula is C21H22N6OS. The zero-order valence-corrected chi connectivity index (χ0v) is 17.1. The molecule has 7 nitrogen and oxygen atoms in total. The molecule has 148 valence electrons. The number of fused-ring (bicyclic) bond motifs is 2. The van der Waals surface area contributed by atoms with E-state index in [2.05, 4.69) is 48.4 Å². The third-order valence-corrected chi connectivity index (χ3v) is 6.35. The van der Waals surface area contributed by atoms with E-state index in [1.165, 1.54) is 10.1 Å². The van der Waals surface area contributed by atoms with Crippen molar-refractivity contribution in [3.63, 3.8) is 0 Å². The maximum absolute atomic E-state index is 12.7. The van der Waals surface area contributed by atoms with Crippen LogP contribution in [0.2, 0.25) is 0 Å². The second kappa shape index (κ2) is 7.53. The quantitative estimate of drug-likeness (QED) is 0.519. The van der Waals surface area contributed by atoms with Crippen molar-refractivity contribution in [3.05, 3.63) is 58.9 Å². The van der Waals surface area contributed by atoms with Crippen molar-refractivity contribution in [2.45, 2.75) is 13.5 Å². The monoisotopic (exact) mass is 406 g/mol. The van der Waals surface area contributed by atoms with Gasteiger partial charge in [-0.05, 0) is 36.7 Å². The van der Waals surface area contributed by atoms with Crippen LogP contribution in [0.1, 0.15) is 5.82 Å². The average Bonchev–Trinajstić information content (AvgIpc) is 3.18. The van der Waals surface area contributed by atoms with Crippen LogP contribution in [0.25, 0.3) is 21.0 Å². The van der Waals surface area contributed by atoms with Crippen molar-refractivity contribution in [3.8, 4) is 0 Å². The Kier molecular flexibility index (Phi) is 4.73. The first-order chi connectivity index (χ1) is 14.2. The second-order valence-electron chi connectivity index (χ2n) is 7.36. The largest absolute Gasteiger partial charge is 0.353 e. The van der Waals surface area contributed by atoms with Crippen LogP contribution >= 0.6 is 11.5 Å². The smallest absolute Gasteiger partial charge is 0.261 e. The Morgan fingerprint density at radius 2 is 1.86 bits per heavy atom. The number of pyridine rings is 1. The van der Waals surface area contributed by atoms with Gasteiger partial charge in [0.1, 0.15) is 11.6 Å². The van der Waals surface area contributed by atoms with Gasteiger partial charge in [0.15, 0.2) is 0 Å². The molecule has 5 rings (SSSR count). The Labute approximate surface area is 172 Å². The third kappa shape index (κ3) is 3.49. The Morgan fingerprint density at radius 1 is 1.03 bits per heavy atom. The molecule has 8 heteroatoms. The fraction of sp³-hybridized carbons (Fsp3) is 0.333. The number of aryl methyl sites for hydroxylation is 1. The molecule has 1 saturated heterocycles. The molecule has 0 saturated carbocycles. The molecule has 29 heavy (non-hydrogen) atoms. The van der Waals surface area contributed by atoms with Gasteiger partial charge in [-0.2, -0.15) is 4.37 Å². The SMILES string of the molecule is Cc1ncc2c(=O)n(CCN3CCN(c4nsc5ccccc45)CC3)ccc2n1. The van der Waals surface area contributed by atoms with Crippen LogP contribution in [-0.2, 0) is 6.54 Å². The highest BCUT2D eigenvalue weighted by atomic mass is 32.1. The Balaban J connectivity index is 1.23. The van der Waals surface area contributed by atoms with Crippen LogP contribution in [-0.4, -0.2) is 56.5 Å². The van der Waals surface area contributed by atoms with Gasteiger partial charge in [0, 0.05) is 57.0 Å². The van der Waals surface area contributed by atoms with E-state index in [9.17, 15) is 4.79 Å². The van der Waals surface area contributed by atoms with Gasteiger partial charge in [-0.25, -0.2) is 9.97 Å². The molecule has 1 aromatic carbocycles. The van der Waals surface area contributed by atoms with Gasteiger partial charge in [0.05, 0.1) is 15.6 Å². The first-order valence-corrected chi connectivity index (χ1v) is 10.6. The molecule has 0 amide bonds. The summed E-state index contributed by atoms with van der Waals surface area (Å²) in [4.78, 5) is 26.0. The van der Waals surface area contributed by atoms with Gasteiger partial charge in [0.2, 0.25) is 0 Å². The molecule has 1 fully saturated rings. The number of piperazine rings is 1. The van der Waals surface area contributed by atoms with Crippen molar-refractivity contribution >= 4 is 38.3 Å². The summed E-state index contributed by atoms with van der Waals surface area (Å²) in [6.45, 7) is 7.19. The summed E-state index contributed by atoms with van der Waals surface area (Å²) in [7, 11) is 0. The lowest BCUT2D eigenvalue weighted by atomic mass is 10.2. The highest BCUT2D eigenvalue weighted by Crippen LogP contribution is 2.29. The minimum Gasteiger partial charge on any atom is -0.353 e. The molecule has 0 N–H and O–H groups in total. The number of benzene rings is 1. The molecule has 0 spiro atoms. The molecule has 0 radical (unpaired) electrons. The first-order valence-electron chi connectivity index (χ1n) is 9.83. The molecule has 3 aromatic heterocycles. The maximum Gasteiger partial charge on any atom is 0.261 e. The van der Waals surface area contributed by atoms with Crippen LogP contribution in [0.15, 0.2) is 47.5 Å². The lowest BCUT2D eigenvalue weighted by Gasteiger charge is -2.35. The number of aromatic nitrogens is 4. The second-order valence-corrected chi connectivity index (χ2v) is 8.17. The van der Waals surface area contributed by atoms with E-state index in [-0.39, 0.29) is 5.56 Å². The van der Waals surface area contributed by atoms with Crippen molar-refractivity contribution in [2.75, 3.05) is 37.6 Å². The predicted molar refractivity (Wildman–Crippen MR) is 117 cm³/mol. The van der Waals surface area contributed by atoms with E-state index in [1.54, 1.807) is 22.3 Å². The van der Waals surface area contributed by atoms with Gasteiger partial charge in [0.25, 0.3) is 5.56 Å². The molecule has 4 aromatic rings. The van der Waals surface area contributed by atoms with E-state index >= 15 is 0 Å². The van der Waals surface area contributed by atoms with Crippen LogP contribution in [0.5, 0.6) is 0 Å². The van der Waals surface area contributed by atoms with E-state index in [0.717, 1.165) is 38.5 Å². The Hall–Kier alpha value is -2.84. The van der Waals surface area contributed by atoms with E-state index < -0.39 is 0 Å². The number of hydrogen-bond acceptors (Lipinski definition) is 7. The van der Waals surface area contributed by atoms with Crippen molar-refractivity contribution in [1.82, 2.24) is 23.8 Å². The fourth-order valence-corrected chi connectivity index (χ4v) is 4.67. The number of rotatable bonds is 4. The van der Waals surface area contributed by atoms with E-state index in [1.807, 2.05) is 19.2 Å². The van der Waals surface area contributed by atoms with Crippen LogP contribution in [0.3, 0.4) is 0 Å². The Bertz CT molecular complexity index is 1220. The first kappa shape index (κ1) is 18.2. The van der Waals surface area contributed by atoms with Crippen molar-refractivity contribution in [2.24, 2.45) is 0 Å². The minimum atomic E-state index is -0.0184.